The van der Waals surface area contributed by atoms with E-state index in [0.717, 1.165) is 12.8 Å². The van der Waals surface area contributed by atoms with Crippen molar-refractivity contribution in [3.63, 3.8) is 0 Å². The summed E-state index contributed by atoms with van der Waals surface area (Å²) in [6.07, 6.45) is 4.80. The summed E-state index contributed by atoms with van der Waals surface area (Å²) in [6.45, 7) is 1.27. The lowest BCUT2D eigenvalue weighted by Crippen LogP contribution is -2.26. The highest BCUT2D eigenvalue weighted by molar-refractivity contribution is 7.92. The first-order valence-corrected chi connectivity index (χ1v) is 11.1. The molecule has 0 radical (unpaired) electrons. The minimum Gasteiger partial charge on any atom is -0.495 e. The van der Waals surface area contributed by atoms with E-state index in [-0.39, 0.29) is 16.6 Å². The number of rotatable bonds is 7. The van der Waals surface area contributed by atoms with Crippen LogP contribution in [0.5, 0.6) is 5.75 Å². The predicted molar refractivity (Wildman–Crippen MR) is 101 cm³/mol. The van der Waals surface area contributed by atoms with Crippen LogP contribution in [0.25, 0.3) is 10.9 Å². The fourth-order valence-corrected chi connectivity index (χ4v) is 5.91. The molecule has 2 aliphatic rings. The highest BCUT2D eigenvalue weighted by Gasteiger charge is 2.40. The van der Waals surface area contributed by atoms with E-state index in [0.29, 0.717) is 43.4 Å². The Morgan fingerprint density at radius 1 is 1.32 bits per heavy atom. The number of carboxylic acids is 1. The number of aromatic nitrogens is 2. The third kappa shape index (κ3) is 3.37. The molecule has 1 aliphatic carbocycles. The van der Waals surface area contributed by atoms with E-state index < -0.39 is 27.1 Å². The zero-order valence-corrected chi connectivity index (χ0v) is 16.5. The first kappa shape index (κ1) is 19.2. The standard InChI is InChI=1S/C19H24N2O6S/c1-26-17-5-4-15-14(18(17)28(24,25)13-2-3-13)11-20-21(15)16(19(22)23)10-12-6-8-27-9-7-12/h4-5,11-13,16H,2-3,6-10H2,1H3,(H,22,23). The molecule has 9 heteroatoms. The minimum absolute atomic E-state index is 0.122. The molecule has 1 aromatic heterocycles. The largest absolute Gasteiger partial charge is 0.495 e. The highest BCUT2D eigenvalue weighted by Crippen LogP contribution is 2.41. The molecule has 0 amide bonds. The summed E-state index contributed by atoms with van der Waals surface area (Å²) >= 11 is 0. The van der Waals surface area contributed by atoms with Gasteiger partial charge in [-0.25, -0.2) is 13.2 Å². The maximum Gasteiger partial charge on any atom is 0.328 e. The Kier molecular flexibility index (Phi) is 5.05. The number of benzene rings is 1. The Balaban J connectivity index is 1.78. The average molecular weight is 408 g/mol. The molecule has 28 heavy (non-hydrogen) atoms. The van der Waals surface area contributed by atoms with Gasteiger partial charge in [0.15, 0.2) is 9.84 Å². The molecule has 152 valence electrons. The van der Waals surface area contributed by atoms with E-state index in [1.165, 1.54) is 18.0 Å². The molecular weight excluding hydrogens is 384 g/mol. The Morgan fingerprint density at radius 3 is 2.64 bits per heavy atom. The maximum absolute atomic E-state index is 13.0. The number of carbonyl (C=O) groups is 1. The molecule has 0 bridgehead atoms. The van der Waals surface area contributed by atoms with Gasteiger partial charge in [0.2, 0.25) is 0 Å². The Morgan fingerprint density at radius 2 is 2.04 bits per heavy atom. The van der Waals surface area contributed by atoms with Gasteiger partial charge in [-0.1, -0.05) is 0 Å². The summed E-state index contributed by atoms with van der Waals surface area (Å²) in [5.74, 6) is -0.462. The van der Waals surface area contributed by atoms with Gasteiger partial charge in [-0.3, -0.25) is 4.68 Å². The van der Waals surface area contributed by atoms with E-state index in [2.05, 4.69) is 5.10 Å². The quantitative estimate of drug-likeness (QED) is 0.749. The lowest BCUT2D eigenvalue weighted by atomic mass is 9.92. The SMILES string of the molecule is COc1ccc2c(cnn2C(CC2CCOCC2)C(=O)O)c1S(=O)(=O)C1CC1. The monoisotopic (exact) mass is 408 g/mol. The van der Waals surface area contributed by atoms with Crippen LogP contribution in [0.3, 0.4) is 0 Å². The Labute approximate surface area is 163 Å². The number of methoxy groups -OCH3 is 1. The Bertz CT molecular complexity index is 989. The normalized spacial score (nSPS) is 19.6. The third-order valence-electron chi connectivity index (χ3n) is 5.64. The van der Waals surface area contributed by atoms with E-state index >= 15 is 0 Å². The first-order chi connectivity index (χ1) is 13.4. The zero-order valence-electron chi connectivity index (χ0n) is 15.7. The van der Waals surface area contributed by atoms with E-state index in [9.17, 15) is 18.3 Å². The molecule has 1 aromatic carbocycles. The van der Waals surface area contributed by atoms with Gasteiger partial charge in [-0.15, -0.1) is 0 Å². The van der Waals surface area contributed by atoms with Crippen molar-refractivity contribution in [3.8, 4) is 5.75 Å². The van der Waals surface area contributed by atoms with Crippen LogP contribution in [0.2, 0.25) is 0 Å². The van der Waals surface area contributed by atoms with Gasteiger partial charge < -0.3 is 14.6 Å². The number of sulfone groups is 1. The number of hydrogen-bond acceptors (Lipinski definition) is 6. The molecule has 8 nitrogen and oxygen atoms in total. The molecule has 1 unspecified atom stereocenters. The summed E-state index contributed by atoms with van der Waals surface area (Å²) in [4.78, 5) is 12.1. The zero-order chi connectivity index (χ0) is 19.9. The van der Waals surface area contributed by atoms with E-state index in [1.807, 2.05) is 0 Å². The second kappa shape index (κ2) is 7.36. The maximum atomic E-state index is 13.0. The lowest BCUT2D eigenvalue weighted by Gasteiger charge is -2.25. The van der Waals surface area contributed by atoms with Crippen LogP contribution in [0.15, 0.2) is 23.2 Å². The third-order valence-corrected chi connectivity index (χ3v) is 7.98. The number of aliphatic carboxylic acids is 1. The summed E-state index contributed by atoms with van der Waals surface area (Å²) in [5.41, 5.74) is 0.500. The van der Waals surface area contributed by atoms with E-state index in [4.69, 9.17) is 9.47 Å². The van der Waals surface area contributed by atoms with Crippen molar-refractivity contribution in [1.82, 2.24) is 9.78 Å². The summed E-state index contributed by atoms with van der Waals surface area (Å²) < 4.78 is 38.1. The van der Waals surface area contributed by atoms with Gasteiger partial charge in [0.1, 0.15) is 16.7 Å². The minimum atomic E-state index is -3.54. The highest BCUT2D eigenvalue weighted by atomic mass is 32.2. The predicted octanol–water partition coefficient (Wildman–Crippen LogP) is 2.42. The van der Waals surface area contributed by atoms with E-state index in [1.54, 1.807) is 12.1 Å². The average Bonchev–Trinajstić information content (AvgIpc) is 3.47. The van der Waals surface area contributed by atoms with Gasteiger partial charge >= 0.3 is 5.97 Å². The number of hydrogen-bond donors (Lipinski definition) is 1. The summed E-state index contributed by atoms with van der Waals surface area (Å²) in [5, 5.41) is 14.1. The van der Waals surface area contributed by atoms with Crippen LogP contribution in [0.4, 0.5) is 0 Å². The summed E-state index contributed by atoms with van der Waals surface area (Å²) in [6, 6.07) is 2.42. The molecule has 2 fully saturated rings. The fourth-order valence-electron chi connectivity index (χ4n) is 3.93. The van der Waals surface area contributed by atoms with Gasteiger partial charge in [-0.2, -0.15) is 5.10 Å². The van der Waals surface area contributed by atoms with Crippen LogP contribution >= 0.6 is 0 Å². The second-order valence-corrected chi connectivity index (χ2v) is 9.67. The fraction of sp³-hybridized carbons (Fsp3) is 0.579. The molecule has 0 spiro atoms. The van der Waals surface area contributed by atoms with Crippen molar-refractivity contribution in [1.29, 1.82) is 0 Å². The second-order valence-electron chi connectivity index (χ2n) is 7.51. The van der Waals surface area contributed by atoms with Crippen molar-refractivity contribution < 1.29 is 27.8 Å². The van der Waals surface area contributed by atoms with Crippen molar-refractivity contribution >= 4 is 26.7 Å². The number of ether oxygens (including phenoxy) is 2. The van der Waals surface area contributed by atoms with Crippen LogP contribution in [-0.4, -0.2) is 54.8 Å². The number of nitrogens with zero attached hydrogens (tertiary/aromatic N) is 2. The van der Waals surface area contributed by atoms with Crippen molar-refractivity contribution in [2.24, 2.45) is 5.92 Å². The Hall–Kier alpha value is -2.13. The van der Waals surface area contributed by atoms with Crippen LogP contribution in [0, 0.1) is 5.92 Å². The molecule has 1 saturated carbocycles. The number of carboxylic acid groups (broad SMARTS) is 1. The molecule has 1 N–H and O–H groups in total. The first-order valence-electron chi connectivity index (χ1n) is 9.52. The van der Waals surface area contributed by atoms with Gasteiger partial charge in [0.25, 0.3) is 0 Å². The molecule has 4 rings (SSSR count). The number of fused-ring (bicyclic) bond motifs is 1. The molecule has 1 atom stereocenters. The smallest absolute Gasteiger partial charge is 0.328 e. The van der Waals surface area contributed by atoms with Crippen molar-refractivity contribution in [3.05, 3.63) is 18.3 Å². The molecule has 1 saturated heterocycles. The van der Waals surface area contributed by atoms with Crippen molar-refractivity contribution in [2.75, 3.05) is 20.3 Å². The molecule has 2 heterocycles. The summed E-state index contributed by atoms with van der Waals surface area (Å²) in [7, 11) is -2.10. The lowest BCUT2D eigenvalue weighted by molar-refractivity contribution is -0.142. The molecule has 2 aromatic rings. The van der Waals surface area contributed by atoms with Crippen LogP contribution < -0.4 is 4.74 Å². The van der Waals surface area contributed by atoms with Gasteiger partial charge in [0, 0.05) is 18.6 Å². The van der Waals surface area contributed by atoms with Crippen molar-refractivity contribution in [2.45, 2.75) is 48.3 Å². The molecule has 1 aliphatic heterocycles. The van der Waals surface area contributed by atoms with Gasteiger partial charge in [-0.05, 0) is 50.2 Å². The van der Waals surface area contributed by atoms with Gasteiger partial charge in [0.05, 0.1) is 24.1 Å². The van der Waals surface area contributed by atoms with Crippen LogP contribution in [-0.2, 0) is 19.4 Å². The molecular formula is C19H24N2O6S. The topological polar surface area (TPSA) is 108 Å². The van der Waals surface area contributed by atoms with Crippen LogP contribution in [0.1, 0.15) is 38.1 Å².